The molecule has 0 spiro atoms. The highest BCUT2D eigenvalue weighted by molar-refractivity contribution is 5.95. The molecule has 1 rings (SSSR count). The summed E-state index contributed by atoms with van der Waals surface area (Å²) in [7, 11) is 2.49. The Morgan fingerprint density at radius 1 is 1.19 bits per heavy atom. The van der Waals surface area contributed by atoms with Crippen molar-refractivity contribution < 1.29 is 19.1 Å². The van der Waals surface area contributed by atoms with Gasteiger partial charge < -0.3 is 9.47 Å². The SMILES string of the molecule is COC(=O)C(Cc1cc[c]cc1)C(=O)OC. The lowest BCUT2D eigenvalue weighted by Crippen LogP contribution is -2.28. The van der Waals surface area contributed by atoms with Crippen molar-refractivity contribution in [3.8, 4) is 0 Å². The maximum Gasteiger partial charge on any atom is 0.320 e. The summed E-state index contributed by atoms with van der Waals surface area (Å²) in [6, 6.07) is 9.89. The van der Waals surface area contributed by atoms with Gasteiger partial charge in [-0.3, -0.25) is 9.59 Å². The van der Waals surface area contributed by atoms with Crippen molar-refractivity contribution in [3.63, 3.8) is 0 Å². The molecular formula is C12H13O4. The smallest absolute Gasteiger partial charge is 0.320 e. The number of carbonyl (C=O) groups excluding carboxylic acids is 2. The molecule has 16 heavy (non-hydrogen) atoms. The monoisotopic (exact) mass is 221 g/mol. The zero-order chi connectivity index (χ0) is 12.0. The summed E-state index contributed by atoms with van der Waals surface area (Å²) < 4.78 is 9.12. The number of ether oxygens (including phenoxy) is 2. The van der Waals surface area contributed by atoms with E-state index in [1.165, 1.54) is 14.2 Å². The summed E-state index contributed by atoms with van der Waals surface area (Å²) in [6.45, 7) is 0. The van der Waals surface area contributed by atoms with E-state index in [9.17, 15) is 9.59 Å². The van der Waals surface area contributed by atoms with Gasteiger partial charge in [0.1, 0.15) is 0 Å². The van der Waals surface area contributed by atoms with Gasteiger partial charge in [0.25, 0.3) is 0 Å². The second kappa shape index (κ2) is 5.90. The molecule has 0 aromatic heterocycles. The summed E-state index contributed by atoms with van der Waals surface area (Å²) in [5.41, 5.74) is 0.861. The molecule has 4 nitrogen and oxygen atoms in total. The van der Waals surface area contributed by atoms with Crippen molar-refractivity contribution in [2.45, 2.75) is 6.42 Å². The van der Waals surface area contributed by atoms with Crippen LogP contribution in [0.15, 0.2) is 24.3 Å². The number of rotatable bonds is 4. The summed E-state index contributed by atoms with van der Waals surface area (Å²) in [5, 5.41) is 0. The van der Waals surface area contributed by atoms with Crippen molar-refractivity contribution in [1.29, 1.82) is 0 Å². The quantitative estimate of drug-likeness (QED) is 0.562. The van der Waals surface area contributed by atoms with Crippen LogP contribution in [0.25, 0.3) is 0 Å². The third kappa shape index (κ3) is 3.08. The number of benzene rings is 1. The average molecular weight is 221 g/mol. The number of carbonyl (C=O) groups is 2. The summed E-state index contributed by atoms with van der Waals surface area (Å²) in [4.78, 5) is 22.8. The topological polar surface area (TPSA) is 52.6 Å². The molecule has 0 aliphatic carbocycles. The van der Waals surface area contributed by atoms with Crippen molar-refractivity contribution in [1.82, 2.24) is 0 Å². The van der Waals surface area contributed by atoms with E-state index >= 15 is 0 Å². The van der Waals surface area contributed by atoms with Crippen LogP contribution in [-0.2, 0) is 25.5 Å². The van der Waals surface area contributed by atoms with Gasteiger partial charge >= 0.3 is 11.9 Å². The second-order valence-corrected chi connectivity index (χ2v) is 3.21. The third-order valence-electron chi connectivity index (χ3n) is 2.20. The molecular weight excluding hydrogens is 208 g/mol. The Labute approximate surface area is 94.2 Å². The molecule has 0 unspecified atom stereocenters. The molecule has 0 atom stereocenters. The number of esters is 2. The molecule has 0 saturated carbocycles. The fourth-order valence-electron chi connectivity index (χ4n) is 1.34. The van der Waals surface area contributed by atoms with Crippen LogP contribution >= 0.6 is 0 Å². The highest BCUT2D eigenvalue weighted by atomic mass is 16.5. The molecule has 1 aromatic rings. The predicted molar refractivity (Wildman–Crippen MR) is 56.5 cm³/mol. The Balaban J connectivity index is 2.79. The van der Waals surface area contributed by atoms with Crippen LogP contribution in [0.4, 0.5) is 0 Å². The van der Waals surface area contributed by atoms with E-state index in [4.69, 9.17) is 0 Å². The summed E-state index contributed by atoms with van der Waals surface area (Å²) in [5.74, 6) is -2.07. The van der Waals surface area contributed by atoms with E-state index < -0.39 is 17.9 Å². The van der Waals surface area contributed by atoms with Crippen LogP contribution in [0.5, 0.6) is 0 Å². The highest BCUT2D eigenvalue weighted by Crippen LogP contribution is 2.11. The van der Waals surface area contributed by atoms with E-state index in [0.29, 0.717) is 0 Å². The van der Waals surface area contributed by atoms with Crippen LogP contribution in [0.1, 0.15) is 5.56 Å². The standard InChI is InChI=1S/C12H13O4/c1-15-11(13)10(12(14)16-2)8-9-6-4-3-5-7-9/h4-7,10H,8H2,1-2H3. The minimum absolute atomic E-state index is 0.272. The summed E-state index contributed by atoms with van der Waals surface area (Å²) in [6.07, 6.45) is 0.272. The molecule has 1 radical (unpaired) electrons. The first kappa shape index (κ1) is 12.2. The Morgan fingerprint density at radius 3 is 2.12 bits per heavy atom. The number of hydrogen-bond acceptors (Lipinski definition) is 4. The Bertz CT molecular complexity index is 343. The van der Waals surface area contributed by atoms with Crippen molar-refractivity contribution in [2.75, 3.05) is 14.2 Å². The second-order valence-electron chi connectivity index (χ2n) is 3.21. The van der Waals surface area contributed by atoms with Gasteiger partial charge in [0.05, 0.1) is 14.2 Å². The fourth-order valence-corrected chi connectivity index (χ4v) is 1.34. The van der Waals surface area contributed by atoms with Crippen molar-refractivity contribution in [2.24, 2.45) is 5.92 Å². The van der Waals surface area contributed by atoms with Gasteiger partial charge in [-0.05, 0) is 18.1 Å². The fraction of sp³-hybridized carbons (Fsp3) is 0.333. The lowest BCUT2D eigenvalue weighted by molar-refractivity contribution is -0.158. The molecule has 0 fully saturated rings. The molecule has 4 heteroatoms. The maximum absolute atomic E-state index is 11.4. The third-order valence-corrected chi connectivity index (χ3v) is 2.20. The van der Waals surface area contributed by atoms with E-state index in [1.54, 1.807) is 24.3 Å². The van der Waals surface area contributed by atoms with Gasteiger partial charge in [-0.1, -0.05) is 24.3 Å². The highest BCUT2D eigenvalue weighted by Gasteiger charge is 2.28. The molecule has 85 valence electrons. The van der Waals surface area contributed by atoms with Gasteiger partial charge in [0, 0.05) is 0 Å². The van der Waals surface area contributed by atoms with Crippen molar-refractivity contribution in [3.05, 3.63) is 35.9 Å². The molecule has 0 N–H and O–H groups in total. The molecule has 0 amide bonds. The van der Waals surface area contributed by atoms with Gasteiger partial charge in [-0.2, -0.15) is 0 Å². The normalized spacial score (nSPS) is 9.94. The molecule has 0 aliphatic heterocycles. The Kier molecular flexibility index (Phi) is 4.51. The maximum atomic E-state index is 11.4. The first-order chi connectivity index (χ1) is 7.69. The minimum Gasteiger partial charge on any atom is -0.468 e. The van der Waals surface area contributed by atoms with Gasteiger partial charge in [-0.25, -0.2) is 0 Å². The lowest BCUT2D eigenvalue weighted by atomic mass is 10.00. The Morgan fingerprint density at radius 2 is 1.69 bits per heavy atom. The van der Waals surface area contributed by atoms with Gasteiger partial charge in [0.2, 0.25) is 0 Å². The van der Waals surface area contributed by atoms with Crippen LogP contribution in [0.3, 0.4) is 0 Å². The Hall–Kier alpha value is -1.84. The molecule has 1 aromatic carbocycles. The van der Waals surface area contributed by atoms with Gasteiger partial charge in [0.15, 0.2) is 5.92 Å². The van der Waals surface area contributed by atoms with Crippen LogP contribution in [-0.4, -0.2) is 26.2 Å². The first-order valence-electron chi connectivity index (χ1n) is 4.79. The minimum atomic E-state index is -0.905. The zero-order valence-electron chi connectivity index (χ0n) is 9.23. The van der Waals surface area contributed by atoms with E-state index in [2.05, 4.69) is 15.5 Å². The molecule has 0 saturated heterocycles. The number of hydrogen-bond donors (Lipinski definition) is 0. The largest absolute Gasteiger partial charge is 0.468 e. The van der Waals surface area contributed by atoms with Crippen LogP contribution in [0, 0.1) is 12.0 Å². The predicted octanol–water partition coefficient (Wildman–Crippen LogP) is 0.991. The molecule has 0 bridgehead atoms. The van der Waals surface area contributed by atoms with Crippen LogP contribution < -0.4 is 0 Å². The summed E-state index contributed by atoms with van der Waals surface area (Å²) >= 11 is 0. The van der Waals surface area contributed by atoms with Gasteiger partial charge in [-0.15, -0.1) is 0 Å². The first-order valence-corrected chi connectivity index (χ1v) is 4.79. The molecule has 0 aliphatic rings. The number of methoxy groups -OCH3 is 2. The average Bonchev–Trinajstić information content (AvgIpc) is 2.35. The zero-order valence-corrected chi connectivity index (χ0v) is 9.23. The lowest BCUT2D eigenvalue weighted by Gasteiger charge is -2.11. The van der Waals surface area contributed by atoms with E-state index in [-0.39, 0.29) is 6.42 Å². The van der Waals surface area contributed by atoms with Crippen LogP contribution in [0.2, 0.25) is 0 Å². The van der Waals surface area contributed by atoms with Crippen molar-refractivity contribution >= 4 is 11.9 Å². The van der Waals surface area contributed by atoms with E-state index in [1.807, 2.05) is 0 Å². The van der Waals surface area contributed by atoms with E-state index in [0.717, 1.165) is 5.56 Å². The molecule has 0 heterocycles.